The average molecular weight is 346 g/mol. The van der Waals surface area contributed by atoms with Crippen molar-refractivity contribution in [3.63, 3.8) is 0 Å². The number of anilines is 2. The van der Waals surface area contributed by atoms with E-state index in [0.717, 1.165) is 5.69 Å². The zero-order chi connectivity index (χ0) is 17.6. The van der Waals surface area contributed by atoms with Crippen molar-refractivity contribution < 1.29 is 13.2 Å². The Kier molecular flexibility index (Phi) is 5.80. The zero-order valence-corrected chi connectivity index (χ0v) is 14.1. The normalized spacial score (nSPS) is 14.4. The van der Waals surface area contributed by atoms with E-state index in [0.29, 0.717) is 32.0 Å². The quantitative estimate of drug-likeness (QED) is 0.808. The molecular formula is C16H18N4O3S. The van der Waals surface area contributed by atoms with Crippen LogP contribution in [0.1, 0.15) is 6.92 Å². The van der Waals surface area contributed by atoms with Crippen LogP contribution < -0.4 is 10.2 Å². The molecule has 24 heavy (non-hydrogen) atoms. The number of allylic oxidation sites excluding steroid dienone is 1. The fourth-order valence-electron chi connectivity index (χ4n) is 2.31. The number of nitrogens with one attached hydrogen (secondary N) is 1. The predicted molar refractivity (Wildman–Crippen MR) is 90.1 cm³/mol. The number of sulfone groups is 1. The van der Waals surface area contributed by atoms with Gasteiger partial charge in [-0.25, -0.2) is 8.42 Å². The molecule has 0 atom stereocenters. The molecule has 8 heteroatoms. The number of rotatable bonds is 5. The van der Waals surface area contributed by atoms with E-state index in [1.807, 2.05) is 0 Å². The molecule has 0 spiro atoms. The molecule has 7 nitrogen and oxygen atoms in total. The number of nitrogens with zero attached hydrogens (tertiary/aromatic N) is 3. The second-order valence-corrected chi connectivity index (χ2v) is 7.39. The first-order chi connectivity index (χ1) is 11.5. The van der Waals surface area contributed by atoms with Crippen LogP contribution in [-0.2, 0) is 14.6 Å². The average Bonchev–Trinajstić information content (AvgIpc) is 2.63. The molecule has 1 aromatic carbocycles. The summed E-state index contributed by atoms with van der Waals surface area (Å²) in [7, 11) is -3.35. The molecule has 0 aromatic heterocycles. The molecular weight excluding hydrogens is 328 g/mol. The Bertz CT molecular complexity index is 797. The van der Waals surface area contributed by atoms with Crippen molar-refractivity contribution in [3.8, 4) is 12.1 Å². The fourth-order valence-corrected chi connectivity index (χ4v) is 3.22. The smallest absolute Gasteiger partial charge is 0.178 e. The maximum absolute atomic E-state index is 12.1. The van der Waals surface area contributed by atoms with Gasteiger partial charge in [0.05, 0.1) is 35.2 Å². The Morgan fingerprint density at radius 1 is 1.33 bits per heavy atom. The summed E-state index contributed by atoms with van der Waals surface area (Å²) in [6, 6.07) is 8.38. The van der Waals surface area contributed by atoms with Crippen LogP contribution in [0.15, 0.2) is 34.9 Å². The minimum Gasteiger partial charge on any atom is -0.378 e. The van der Waals surface area contributed by atoms with Gasteiger partial charge in [-0.3, -0.25) is 0 Å². The van der Waals surface area contributed by atoms with Crippen LogP contribution in [-0.4, -0.2) is 40.5 Å². The molecule has 0 radical (unpaired) electrons. The van der Waals surface area contributed by atoms with Gasteiger partial charge < -0.3 is 15.0 Å². The van der Waals surface area contributed by atoms with Gasteiger partial charge in [0.2, 0.25) is 0 Å². The first-order valence-electron chi connectivity index (χ1n) is 7.48. The van der Waals surface area contributed by atoms with Crippen molar-refractivity contribution in [2.45, 2.75) is 11.8 Å². The first-order valence-corrected chi connectivity index (χ1v) is 9.13. The highest BCUT2D eigenvalue weighted by molar-refractivity contribution is 7.91. The minimum absolute atomic E-state index is 0.000815. The number of nitriles is 2. The van der Waals surface area contributed by atoms with E-state index in [2.05, 4.69) is 10.2 Å². The standard InChI is InChI=1S/C16H18N4O3S/c1-2-24(21,22)14-3-4-16(20-5-7-23-8-6-20)15(9-14)19-12-13(10-17)11-18/h3-4,9,12,19H,2,5-8H2,1H3. The molecule has 0 bridgehead atoms. The second-order valence-electron chi connectivity index (χ2n) is 5.11. The summed E-state index contributed by atoms with van der Waals surface area (Å²) in [6.07, 6.45) is 1.28. The third kappa shape index (κ3) is 4.05. The topological polar surface area (TPSA) is 106 Å². The van der Waals surface area contributed by atoms with Crippen LogP contribution in [0.2, 0.25) is 0 Å². The molecule has 1 aliphatic heterocycles. The minimum atomic E-state index is -3.35. The van der Waals surface area contributed by atoms with Crippen LogP contribution in [0.3, 0.4) is 0 Å². The summed E-state index contributed by atoms with van der Waals surface area (Å²) in [6.45, 7) is 4.13. The lowest BCUT2D eigenvalue weighted by molar-refractivity contribution is 0.123. The van der Waals surface area contributed by atoms with Crippen LogP contribution in [0.4, 0.5) is 11.4 Å². The molecule has 0 amide bonds. The monoisotopic (exact) mass is 346 g/mol. The Hall–Kier alpha value is -2.55. The van der Waals surface area contributed by atoms with E-state index in [9.17, 15) is 8.42 Å². The molecule has 2 rings (SSSR count). The Morgan fingerprint density at radius 2 is 2.00 bits per heavy atom. The number of ether oxygens (including phenoxy) is 1. The molecule has 0 aliphatic carbocycles. The molecule has 1 heterocycles. The number of hydrogen-bond acceptors (Lipinski definition) is 7. The Balaban J connectivity index is 2.44. The summed E-state index contributed by atoms with van der Waals surface area (Å²) in [5, 5.41) is 20.6. The number of benzene rings is 1. The van der Waals surface area contributed by atoms with Crippen molar-refractivity contribution in [3.05, 3.63) is 30.0 Å². The summed E-state index contributed by atoms with van der Waals surface area (Å²) < 4.78 is 29.6. The Labute approximate surface area is 141 Å². The molecule has 1 N–H and O–H groups in total. The van der Waals surface area contributed by atoms with Crippen molar-refractivity contribution in [2.75, 3.05) is 42.3 Å². The van der Waals surface area contributed by atoms with Gasteiger partial charge in [-0.15, -0.1) is 0 Å². The fraction of sp³-hybridized carbons (Fsp3) is 0.375. The van der Waals surface area contributed by atoms with Gasteiger partial charge in [0.15, 0.2) is 9.84 Å². The molecule has 126 valence electrons. The lowest BCUT2D eigenvalue weighted by Gasteiger charge is -2.30. The summed E-state index contributed by atoms with van der Waals surface area (Å²) in [5.41, 5.74) is 1.25. The highest BCUT2D eigenvalue weighted by atomic mass is 32.2. The van der Waals surface area contributed by atoms with Gasteiger partial charge in [0.25, 0.3) is 0 Å². The molecule has 0 unspecified atom stereocenters. The van der Waals surface area contributed by atoms with Gasteiger partial charge in [-0.2, -0.15) is 10.5 Å². The molecule has 0 saturated carbocycles. The van der Waals surface area contributed by atoms with Crippen molar-refractivity contribution in [1.82, 2.24) is 0 Å². The molecule has 1 aliphatic rings. The maximum Gasteiger partial charge on any atom is 0.178 e. The van der Waals surface area contributed by atoms with E-state index in [1.165, 1.54) is 12.3 Å². The van der Waals surface area contributed by atoms with E-state index in [-0.39, 0.29) is 16.2 Å². The third-order valence-corrected chi connectivity index (χ3v) is 5.40. The van der Waals surface area contributed by atoms with Gasteiger partial charge in [0, 0.05) is 19.3 Å². The SMILES string of the molecule is CCS(=O)(=O)c1ccc(N2CCOCC2)c(NC=C(C#N)C#N)c1. The lowest BCUT2D eigenvalue weighted by atomic mass is 10.2. The van der Waals surface area contributed by atoms with Crippen LogP contribution in [0.5, 0.6) is 0 Å². The van der Waals surface area contributed by atoms with Crippen molar-refractivity contribution in [2.24, 2.45) is 0 Å². The first kappa shape index (κ1) is 17.8. The van der Waals surface area contributed by atoms with E-state index in [4.69, 9.17) is 15.3 Å². The second kappa shape index (κ2) is 7.82. The number of morpholine rings is 1. The van der Waals surface area contributed by atoms with Crippen molar-refractivity contribution in [1.29, 1.82) is 10.5 Å². The van der Waals surface area contributed by atoms with Crippen molar-refractivity contribution >= 4 is 21.2 Å². The number of hydrogen-bond donors (Lipinski definition) is 1. The summed E-state index contributed by atoms with van der Waals surface area (Å²) in [4.78, 5) is 2.27. The van der Waals surface area contributed by atoms with Gasteiger partial charge >= 0.3 is 0 Å². The van der Waals surface area contributed by atoms with Crippen LogP contribution in [0, 0.1) is 22.7 Å². The van der Waals surface area contributed by atoms with Gasteiger partial charge in [0.1, 0.15) is 17.7 Å². The van der Waals surface area contributed by atoms with Crippen LogP contribution in [0.25, 0.3) is 0 Å². The Morgan fingerprint density at radius 3 is 2.58 bits per heavy atom. The molecule has 1 saturated heterocycles. The summed E-state index contributed by atoms with van der Waals surface area (Å²) in [5.74, 6) is 0.000815. The largest absolute Gasteiger partial charge is 0.378 e. The van der Waals surface area contributed by atoms with E-state index >= 15 is 0 Å². The molecule has 1 aromatic rings. The van der Waals surface area contributed by atoms with E-state index < -0.39 is 9.84 Å². The maximum atomic E-state index is 12.1. The molecule has 1 fully saturated rings. The summed E-state index contributed by atoms with van der Waals surface area (Å²) >= 11 is 0. The zero-order valence-electron chi connectivity index (χ0n) is 13.3. The van der Waals surface area contributed by atoms with Gasteiger partial charge in [-0.1, -0.05) is 6.92 Å². The highest BCUT2D eigenvalue weighted by Gasteiger charge is 2.18. The highest BCUT2D eigenvalue weighted by Crippen LogP contribution is 2.30. The van der Waals surface area contributed by atoms with Crippen LogP contribution >= 0.6 is 0 Å². The lowest BCUT2D eigenvalue weighted by Crippen LogP contribution is -2.36. The third-order valence-electron chi connectivity index (χ3n) is 3.67. The van der Waals surface area contributed by atoms with E-state index in [1.54, 1.807) is 31.2 Å². The predicted octanol–water partition coefficient (Wildman–Crippen LogP) is 1.66. The van der Waals surface area contributed by atoms with Gasteiger partial charge in [-0.05, 0) is 18.2 Å².